The molecule has 2 amide bonds. The topological polar surface area (TPSA) is 89.8 Å². The van der Waals surface area contributed by atoms with Crippen molar-refractivity contribution in [3.8, 4) is 5.75 Å². The van der Waals surface area contributed by atoms with Crippen molar-refractivity contribution in [1.82, 2.24) is 5.32 Å². The Balaban J connectivity index is 1.76. The third-order valence-electron chi connectivity index (χ3n) is 4.09. The zero-order valence-corrected chi connectivity index (χ0v) is 17.5. The molecule has 2 aromatic carbocycles. The molecule has 0 bridgehead atoms. The van der Waals surface area contributed by atoms with Crippen molar-refractivity contribution in [3.05, 3.63) is 89.0 Å². The van der Waals surface area contributed by atoms with Crippen molar-refractivity contribution in [2.24, 2.45) is 0 Å². The number of methoxy groups -OCH3 is 1. The predicted molar refractivity (Wildman–Crippen MR) is 118 cm³/mol. The zero-order valence-electron chi connectivity index (χ0n) is 16.8. The second kappa shape index (κ2) is 11.0. The van der Waals surface area contributed by atoms with Gasteiger partial charge in [-0.2, -0.15) is 0 Å². The summed E-state index contributed by atoms with van der Waals surface area (Å²) in [4.78, 5) is 25.4. The van der Waals surface area contributed by atoms with Gasteiger partial charge in [0.15, 0.2) is 0 Å². The Morgan fingerprint density at radius 1 is 1.06 bits per heavy atom. The van der Waals surface area contributed by atoms with E-state index in [2.05, 4.69) is 10.6 Å². The molecule has 3 rings (SSSR count). The van der Waals surface area contributed by atoms with Crippen LogP contribution in [0.5, 0.6) is 5.75 Å². The lowest BCUT2D eigenvalue weighted by Crippen LogP contribution is -2.30. The van der Waals surface area contributed by atoms with E-state index in [1.54, 1.807) is 67.8 Å². The van der Waals surface area contributed by atoms with Gasteiger partial charge >= 0.3 is 0 Å². The van der Waals surface area contributed by atoms with Crippen LogP contribution in [-0.4, -0.2) is 32.1 Å². The van der Waals surface area contributed by atoms with Crippen LogP contribution in [0, 0.1) is 0 Å². The number of rotatable bonds is 9. The van der Waals surface area contributed by atoms with Gasteiger partial charge in [0, 0.05) is 24.4 Å². The minimum Gasteiger partial charge on any atom is -0.490 e. The highest BCUT2D eigenvalue weighted by Crippen LogP contribution is 2.28. The third-order valence-corrected chi connectivity index (χ3v) is 4.39. The van der Waals surface area contributed by atoms with Crippen LogP contribution < -0.4 is 15.4 Å². The van der Waals surface area contributed by atoms with Crippen LogP contribution in [0.2, 0.25) is 5.02 Å². The van der Waals surface area contributed by atoms with E-state index in [9.17, 15) is 9.59 Å². The summed E-state index contributed by atoms with van der Waals surface area (Å²) in [5.41, 5.74) is 0.870. The van der Waals surface area contributed by atoms with E-state index in [1.165, 1.54) is 12.3 Å². The molecule has 31 heavy (non-hydrogen) atoms. The number of nitrogens with one attached hydrogen (secondary N) is 2. The van der Waals surface area contributed by atoms with Crippen LogP contribution in [0.25, 0.3) is 6.08 Å². The zero-order chi connectivity index (χ0) is 22.1. The maximum absolute atomic E-state index is 12.9. The van der Waals surface area contributed by atoms with Crippen molar-refractivity contribution in [1.29, 1.82) is 0 Å². The van der Waals surface area contributed by atoms with Crippen LogP contribution in [0.4, 0.5) is 5.69 Å². The average Bonchev–Trinajstić information content (AvgIpc) is 3.28. The number of halogens is 1. The second-order valence-electron chi connectivity index (χ2n) is 6.33. The van der Waals surface area contributed by atoms with E-state index in [-0.39, 0.29) is 5.70 Å². The number of carbonyl (C=O) groups excluding carboxylic acids is 2. The number of carbonyl (C=O) groups is 2. The van der Waals surface area contributed by atoms with Crippen LogP contribution >= 0.6 is 11.6 Å². The molecule has 0 unspecified atom stereocenters. The highest BCUT2D eigenvalue weighted by atomic mass is 35.5. The van der Waals surface area contributed by atoms with Crippen molar-refractivity contribution in [3.63, 3.8) is 0 Å². The minimum absolute atomic E-state index is 0.0142. The average molecular weight is 441 g/mol. The maximum atomic E-state index is 12.9. The Morgan fingerprint density at radius 3 is 2.55 bits per heavy atom. The third kappa shape index (κ3) is 6.47. The van der Waals surface area contributed by atoms with Gasteiger partial charge in [0.05, 0.1) is 17.9 Å². The van der Waals surface area contributed by atoms with Gasteiger partial charge in [0.1, 0.15) is 23.8 Å². The monoisotopic (exact) mass is 440 g/mol. The predicted octanol–water partition coefficient (Wildman–Crippen LogP) is 4.37. The van der Waals surface area contributed by atoms with Gasteiger partial charge in [-0.05, 0) is 42.5 Å². The summed E-state index contributed by atoms with van der Waals surface area (Å²) < 4.78 is 15.7. The van der Waals surface area contributed by atoms with Crippen molar-refractivity contribution >= 4 is 35.2 Å². The number of hydrogen-bond acceptors (Lipinski definition) is 5. The Hall–Kier alpha value is -3.55. The number of benzene rings is 2. The van der Waals surface area contributed by atoms with Crippen LogP contribution in [0.15, 0.2) is 77.0 Å². The van der Waals surface area contributed by atoms with Gasteiger partial charge in [-0.1, -0.05) is 29.8 Å². The summed E-state index contributed by atoms with van der Waals surface area (Å²) in [6.45, 7) is 0.778. The molecule has 3 aromatic rings. The fraction of sp³-hybridized carbons (Fsp3) is 0.130. The molecule has 0 aliphatic rings. The van der Waals surface area contributed by atoms with Crippen molar-refractivity contribution in [2.75, 3.05) is 25.6 Å². The molecule has 2 N–H and O–H groups in total. The fourth-order valence-electron chi connectivity index (χ4n) is 2.59. The molecule has 0 aliphatic heterocycles. The van der Waals surface area contributed by atoms with E-state index in [0.29, 0.717) is 41.0 Å². The smallest absolute Gasteiger partial charge is 0.272 e. The Bertz CT molecular complexity index is 1050. The highest BCUT2D eigenvalue weighted by molar-refractivity contribution is 6.32. The van der Waals surface area contributed by atoms with Gasteiger partial charge in [0.25, 0.3) is 11.8 Å². The molecule has 0 saturated heterocycles. The quantitative estimate of drug-likeness (QED) is 0.381. The molecule has 8 heteroatoms. The lowest BCUT2D eigenvalue weighted by atomic mass is 10.2. The first-order valence-electron chi connectivity index (χ1n) is 9.41. The van der Waals surface area contributed by atoms with Crippen molar-refractivity contribution in [2.45, 2.75) is 0 Å². The summed E-state index contributed by atoms with van der Waals surface area (Å²) in [6.07, 6.45) is 2.92. The lowest BCUT2D eigenvalue weighted by molar-refractivity contribution is -0.113. The Labute approximate surface area is 184 Å². The normalized spacial score (nSPS) is 11.1. The molecule has 0 aliphatic carbocycles. The molecule has 0 spiro atoms. The van der Waals surface area contributed by atoms with E-state index >= 15 is 0 Å². The molecule has 1 aromatic heterocycles. The van der Waals surface area contributed by atoms with E-state index < -0.39 is 11.8 Å². The summed E-state index contributed by atoms with van der Waals surface area (Å²) in [5, 5.41) is 5.68. The molecule has 0 fully saturated rings. The molecule has 7 nitrogen and oxygen atoms in total. The Kier molecular flexibility index (Phi) is 7.86. The molecule has 0 radical (unpaired) electrons. The SMILES string of the molecule is COCCOc1ccc(NC(=O)/C(=C/c2ccco2)NC(=O)c2ccccc2)cc1Cl. The number of furan rings is 1. The Morgan fingerprint density at radius 2 is 1.87 bits per heavy atom. The number of hydrogen-bond donors (Lipinski definition) is 2. The maximum Gasteiger partial charge on any atom is 0.272 e. The van der Waals surface area contributed by atoms with E-state index in [0.717, 1.165) is 0 Å². The van der Waals surface area contributed by atoms with Gasteiger partial charge in [0.2, 0.25) is 0 Å². The largest absolute Gasteiger partial charge is 0.490 e. The van der Waals surface area contributed by atoms with Gasteiger partial charge < -0.3 is 24.5 Å². The van der Waals surface area contributed by atoms with Crippen LogP contribution in [0.1, 0.15) is 16.1 Å². The fourth-order valence-corrected chi connectivity index (χ4v) is 2.82. The molecule has 0 saturated carbocycles. The standard InChI is InChI=1S/C23H21ClN2O5/c1-29-12-13-31-21-10-9-17(14-19(21)24)25-23(28)20(15-18-8-5-11-30-18)26-22(27)16-6-3-2-4-7-16/h2-11,14-15H,12-13H2,1H3,(H,25,28)(H,26,27)/b20-15-. The van der Waals surface area contributed by atoms with Crippen LogP contribution in [-0.2, 0) is 9.53 Å². The summed E-state index contributed by atoms with van der Waals surface area (Å²) >= 11 is 6.23. The summed E-state index contributed by atoms with van der Waals surface area (Å²) in [5.74, 6) is -0.0721. The minimum atomic E-state index is -0.537. The first-order valence-corrected chi connectivity index (χ1v) is 9.79. The first kappa shape index (κ1) is 22.1. The van der Waals surface area contributed by atoms with Crippen molar-refractivity contribution < 1.29 is 23.5 Å². The summed E-state index contributed by atoms with van der Waals surface area (Å²) in [6, 6.07) is 16.8. The van der Waals surface area contributed by atoms with Gasteiger partial charge in [-0.15, -0.1) is 0 Å². The molecular formula is C23H21ClN2O5. The first-order chi connectivity index (χ1) is 15.1. The van der Waals surface area contributed by atoms with Gasteiger partial charge in [-0.25, -0.2) is 0 Å². The lowest BCUT2D eigenvalue weighted by Gasteiger charge is -2.12. The molecular weight excluding hydrogens is 420 g/mol. The van der Waals surface area contributed by atoms with E-state index in [4.69, 9.17) is 25.5 Å². The highest BCUT2D eigenvalue weighted by Gasteiger charge is 2.16. The molecule has 1 heterocycles. The second-order valence-corrected chi connectivity index (χ2v) is 6.74. The number of amides is 2. The van der Waals surface area contributed by atoms with Gasteiger partial charge in [-0.3, -0.25) is 9.59 Å². The van der Waals surface area contributed by atoms with E-state index in [1.807, 2.05) is 0 Å². The number of anilines is 1. The summed E-state index contributed by atoms with van der Waals surface area (Å²) in [7, 11) is 1.58. The van der Waals surface area contributed by atoms with Crippen LogP contribution in [0.3, 0.4) is 0 Å². The number of ether oxygens (including phenoxy) is 2. The molecule has 0 atom stereocenters. The molecule has 160 valence electrons.